The minimum atomic E-state index is -0.356. The molecule has 0 aliphatic rings. The molecule has 31 heavy (non-hydrogen) atoms. The zero-order chi connectivity index (χ0) is 21.6. The monoisotopic (exact) mass is 453 g/mol. The molecule has 2 heterocycles. The van der Waals surface area contributed by atoms with Crippen LogP contribution in [0.15, 0.2) is 63.6 Å². The zero-order valence-corrected chi connectivity index (χ0v) is 18.5. The largest absolute Gasteiger partial charge is 0.484 e. The number of carbonyl (C=O) groups is 1. The molecule has 0 radical (unpaired) electrons. The summed E-state index contributed by atoms with van der Waals surface area (Å²) in [4.78, 5) is 16.2. The summed E-state index contributed by atoms with van der Waals surface area (Å²) in [6, 6.07) is 15.0. The average Bonchev–Trinajstić information content (AvgIpc) is 3.46. The normalized spacial score (nSPS) is 10.8. The Morgan fingerprint density at radius 2 is 1.87 bits per heavy atom. The third kappa shape index (κ3) is 5.50. The van der Waals surface area contributed by atoms with Gasteiger partial charge in [0.2, 0.25) is 0 Å². The Labute approximate surface area is 187 Å². The molecular formula is C22H19N3O4S2. The van der Waals surface area contributed by atoms with Crippen LogP contribution in [0, 0.1) is 6.92 Å². The van der Waals surface area contributed by atoms with Gasteiger partial charge in [-0.3, -0.25) is 0 Å². The molecular weight excluding hydrogens is 434 g/mol. The van der Waals surface area contributed by atoms with Gasteiger partial charge in [0, 0.05) is 16.7 Å². The molecule has 0 saturated carbocycles. The lowest BCUT2D eigenvalue weighted by Gasteiger charge is -2.02. The van der Waals surface area contributed by atoms with Crippen LogP contribution >= 0.6 is 23.1 Å². The fourth-order valence-electron chi connectivity index (χ4n) is 2.64. The molecule has 0 spiro atoms. The number of rotatable bonds is 8. The molecule has 9 heteroatoms. The average molecular weight is 454 g/mol. The summed E-state index contributed by atoms with van der Waals surface area (Å²) in [7, 11) is 1.37. The van der Waals surface area contributed by atoms with Crippen LogP contribution in [0.2, 0.25) is 0 Å². The molecule has 7 nitrogen and oxygen atoms in total. The summed E-state index contributed by atoms with van der Waals surface area (Å²) in [5.41, 5.74) is 3.55. The van der Waals surface area contributed by atoms with E-state index in [0.717, 1.165) is 22.0 Å². The Morgan fingerprint density at radius 3 is 2.61 bits per heavy atom. The number of hydrogen-bond donors (Lipinski definition) is 0. The van der Waals surface area contributed by atoms with Gasteiger partial charge in [0.25, 0.3) is 11.1 Å². The van der Waals surface area contributed by atoms with Gasteiger partial charge in [-0.15, -0.1) is 21.5 Å². The zero-order valence-electron chi connectivity index (χ0n) is 16.9. The van der Waals surface area contributed by atoms with E-state index in [0.29, 0.717) is 22.4 Å². The van der Waals surface area contributed by atoms with Crippen LogP contribution in [0.1, 0.15) is 27.5 Å². The Balaban J connectivity index is 1.30. The van der Waals surface area contributed by atoms with Crippen LogP contribution in [0.25, 0.3) is 10.6 Å². The number of carbonyl (C=O) groups excluding carboxylic acids is 1. The third-order valence-electron chi connectivity index (χ3n) is 4.28. The van der Waals surface area contributed by atoms with E-state index in [1.807, 2.05) is 48.7 Å². The van der Waals surface area contributed by atoms with E-state index in [4.69, 9.17) is 13.9 Å². The number of esters is 1. The van der Waals surface area contributed by atoms with Gasteiger partial charge < -0.3 is 13.9 Å². The number of ether oxygens (including phenoxy) is 2. The van der Waals surface area contributed by atoms with Crippen LogP contribution in [0.4, 0.5) is 0 Å². The van der Waals surface area contributed by atoms with Crippen LogP contribution in [-0.4, -0.2) is 28.3 Å². The molecule has 4 rings (SSSR count). The molecule has 0 fully saturated rings. The van der Waals surface area contributed by atoms with Gasteiger partial charge in [0.15, 0.2) is 6.61 Å². The molecule has 2 aromatic heterocycles. The predicted molar refractivity (Wildman–Crippen MR) is 118 cm³/mol. The highest BCUT2D eigenvalue weighted by atomic mass is 32.2. The Kier molecular flexibility index (Phi) is 6.63. The van der Waals surface area contributed by atoms with Gasteiger partial charge >= 0.3 is 5.97 Å². The number of aromatic nitrogens is 3. The van der Waals surface area contributed by atoms with Gasteiger partial charge in [-0.1, -0.05) is 41.6 Å². The quantitative estimate of drug-likeness (QED) is 0.267. The van der Waals surface area contributed by atoms with Crippen molar-refractivity contribution in [3.8, 4) is 16.3 Å². The first kappa shape index (κ1) is 21.1. The third-order valence-corrected chi connectivity index (χ3v) is 6.07. The van der Waals surface area contributed by atoms with Crippen LogP contribution in [0.3, 0.4) is 0 Å². The molecule has 0 amide bonds. The number of thiazole rings is 1. The number of hydrogen-bond acceptors (Lipinski definition) is 9. The predicted octanol–water partition coefficient (Wildman–Crippen LogP) is 5.16. The van der Waals surface area contributed by atoms with Crippen molar-refractivity contribution in [2.24, 2.45) is 0 Å². The molecule has 0 unspecified atom stereocenters. The van der Waals surface area contributed by atoms with Crippen LogP contribution in [-0.2, 0) is 17.1 Å². The second-order valence-corrected chi connectivity index (χ2v) is 8.35. The maximum atomic E-state index is 11.5. The lowest BCUT2D eigenvalue weighted by atomic mass is 10.1. The highest BCUT2D eigenvalue weighted by molar-refractivity contribution is 7.98. The van der Waals surface area contributed by atoms with E-state index in [9.17, 15) is 4.79 Å². The van der Waals surface area contributed by atoms with Crippen LogP contribution < -0.4 is 4.74 Å². The number of thioether (sulfide) groups is 1. The SMILES string of the molecule is COC(=O)c1ccc(-c2nc(CSc3nnc(COc4ccc(C)cc4)o3)cs2)cc1. The van der Waals surface area contributed by atoms with Crippen molar-refractivity contribution < 1.29 is 18.7 Å². The summed E-state index contributed by atoms with van der Waals surface area (Å²) >= 11 is 2.97. The topological polar surface area (TPSA) is 87.3 Å². The van der Waals surface area contributed by atoms with Crippen molar-refractivity contribution >= 4 is 29.1 Å². The molecule has 0 N–H and O–H groups in total. The molecule has 0 aliphatic carbocycles. The van der Waals surface area contributed by atoms with Gasteiger partial charge in [-0.05, 0) is 31.2 Å². The van der Waals surface area contributed by atoms with Crippen molar-refractivity contribution in [1.29, 1.82) is 0 Å². The highest BCUT2D eigenvalue weighted by Gasteiger charge is 2.11. The van der Waals surface area contributed by atoms with Gasteiger partial charge in [-0.25, -0.2) is 9.78 Å². The fraction of sp³-hybridized carbons (Fsp3) is 0.182. The van der Waals surface area contributed by atoms with Crippen molar-refractivity contribution in [2.45, 2.75) is 24.5 Å². The molecule has 4 aromatic rings. The van der Waals surface area contributed by atoms with Crippen LogP contribution in [0.5, 0.6) is 5.75 Å². The highest BCUT2D eigenvalue weighted by Crippen LogP contribution is 2.28. The van der Waals surface area contributed by atoms with E-state index in [2.05, 4.69) is 15.2 Å². The first-order valence-electron chi connectivity index (χ1n) is 9.38. The van der Waals surface area contributed by atoms with Gasteiger partial charge in [-0.2, -0.15) is 0 Å². The summed E-state index contributed by atoms with van der Waals surface area (Å²) in [6.45, 7) is 2.25. The van der Waals surface area contributed by atoms with Crippen molar-refractivity contribution in [2.75, 3.05) is 7.11 Å². The Morgan fingerprint density at radius 1 is 1.10 bits per heavy atom. The first-order valence-corrected chi connectivity index (χ1v) is 11.2. The number of aryl methyl sites for hydroxylation is 1. The molecule has 0 saturated heterocycles. The standard InChI is InChI=1S/C22H19N3O4S2/c1-14-3-9-18(10-4-14)28-11-19-24-25-22(29-19)31-13-17-12-30-20(23-17)15-5-7-16(8-6-15)21(26)27-2/h3-10,12H,11,13H2,1-2H3. The summed E-state index contributed by atoms with van der Waals surface area (Å²) in [6.07, 6.45) is 0. The Bertz CT molecular complexity index is 1150. The van der Waals surface area contributed by atoms with Crippen molar-refractivity contribution in [3.63, 3.8) is 0 Å². The molecule has 2 aromatic carbocycles. The fourth-order valence-corrected chi connectivity index (χ4v) is 4.25. The summed E-state index contributed by atoms with van der Waals surface area (Å²) in [5.74, 6) is 1.43. The molecule has 0 atom stereocenters. The number of nitrogens with zero attached hydrogens (tertiary/aromatic N) is 3. The minimum Gasteiger partial charge on any atom is -0.484 e. The lowest BCUT2D eigenvalue weighted by Crippen LogP contribution is -2.00. The number of methoxy groups -OCH3 is 1. The first-order chi connectivity index (χ1) is 15.1. The minimum absolute atomic E-state index is 0.221. The maximum absolute atomic E-state index is 11.5. The molecule has 158 valence electrons. The smallest absolute Gasteiger partial charge is 0.337 e. The van der Waals surface area contributed by atoms with Gasteiger partial charge in [0.05, 0.1) is 18.4 Å². The van der Waals surface area contributed by atoms with Gasteiger partial charge in [0.1, 0.15) is 10.8 Å². The lowest BCUT2D eigenvalue weighted by molar-refractivity contribution is 0.0600. The van der Waals surface area contributed by atoms with E-state index in [-0.39, 0.29) is 12.6 Å². The second-order valence-electron chi connectivity index (χ2n) is 6.57. The van der Waals surface area contributed by atoms with E-state index in [1.54, 1.807) is 23.5 Å². The van der Waals surface area contributed by atoms with Crippen molar-refractivity contribution in [3.05, 3.63) is 76.6 Å². The summed E-state index contributed by atoms with van der Waals surface area (Å²) in [5, 5.41) is 11.4. The summed E-state index contributed by atoms with van der Waals surface area (Å²) < 4.78 is 16.0. The maximum Gasteiger partial charge on any atom is 0.337 e. The Hall–Kier alpha value is -3.17. The molecule has 0 aliphatic heterocycles. The van der Waals surface area contributed by atoms with E-state index < -0.39 is 0 Å². The van der Waals surface area contributed by atoms with Crippen molar-refractivity contribution in [1.82, 2.24) is 15.2 Å². The van der Waals surface area contributed by atoms with E-state index >= 15 is 0 Å². The number of benzene rings is 2. The van der Waals surface area contributed by atoms with E-state index in [1.165, 1.54) is 24.4 Å². The second kappa shape index (κ2) is 9.76. The molecule has 0 bridgehead atoms.